The highest BCUT2D eigenvalue weighted by atomic mass is 19.4. The van der Waals surface area contributed by atoms with Gasteiger partial charge in [-0.1, -0.05) is 0 Å². The lowest BCUT2D eigenvalue weighted by Crippen LogP contribution is -2.09. The van der Waals surface area contributed by atoms with Crippen molar-refractivity contribution in [3.8, 4) is 0 Å². The first kappa shape index (κ1) is 10.4. The molecular formula is C6H6F3N3O2. The molecule has 78 valence electrons. The lowest BCUT2D eigenvalue weighted by Gasteiger charge is -2.01. The fourth-order valence-electron chi connectivity index (χ4n) is 1.00. The van der Waals surface area contributed by atoms with E-state index in [0.29, 0.717) is 4.68 Å². The standard InChI is InChI=1S/C6H6F3N3O2/c1-12-3(5(13)14)2(10)4(11-12)6(7,8)9/h10H2,1H3,(H,13,14). The van der Waals surface area contributed by atoms with Crippen LogP contribution in [0.15, 0.2) is 0 Å². The molecule has 0 unspecified atom stereocenters. The van der Waals surface area contributed by atoms with Gasteiger partial charge in [-0.05, 0) is 0 Å². The molecule has 0 aromatic carbocycles. The topological polar surface area (TPSA) is 81.1 Å². The Hall–Kier alpha value is -1.73. The fourth-order valence-corrected chi connectivity index (χ4v) is 1.00. The predicted molar refractivity (Wildman–Crippen MR) is 39.6 cm³/mol. The van der Waals surface area contributed by atoms with Crippen LogP contribution in [0.4, 0.5) is 18.9 Å². The third-order valence-corrected chi connectivity index (χ3v) is 1.55. The normalized spacial score (nSPS) is 11.7. The van der Waals surface area contributed by atoms with Gasteiger partial charge in [-0.3, -0.25) is 4.68 Å². The number of nitrogens with two attached hydrogens (primary N) is 1. The number of aromatic carboxylic acids is 1. The summed E-state index contributed by atoms with van der Waals surface area (Å²) in [7, 11) is 1.08. The molecule has 0 saturated heterocycles. The van der Waals surface area contributed by atoms with E-state index in [1.54, 1.807) is 0 Å². The summed E-state index contributed by atoms with van der Waals surface area (Å²) in [6, 6.07) is 0. The summed E-state index contributed by atoms with van der Waals surface area (Å²) < 4.78 is 37.1. The Labute approximate surface area is 75.9 Å². The molecule has 0 bridgehead atoms. The minimum atomic E-state index is -4.74. The van der Waals surface area contributed by atoms with E-state index in [-0.39, 0.29) is 0 Å². The highest BCUT2D eigenvalue weighted by molar-refractivity contribution is 5.92. The van der Waals surface area contributed by atoms with Crippen LogP contribution in [0.1, 0.15) is 16.2 Å². The summed E-state index contributed by atoms with van der Waals surface area (Å²) in [6.45, 7) is 0. The third-order valence-electron chi connectivity index (χ3n) is 1.55. The molecule has 1 rings (SSSR count). The average Bonchev–Trinajstić information content (AvgIpc) is 2.24. The maximum absolute atomic E-state index is 12.2. The van der Waals surface area contributed by atoms with Gasteiger partial charge < -0.3 is 10.8 Å². The number of anilines is 1. The molecular weight excluding hydrogens is 203 g/mol. The molecule has 0 spiro atoms. The van der Waals surface area contributed by atoms with E-state index in [1.807, 2.05) is 0 Å². The van der Waals surface area contributed by atoms with Crippen molar-refractivity contribution in [2.45, 2.75) is 6.18 Å². The van der Waals surface area contributed by atoms with Crippen LogP contribution in [0.25, 0.3) is 0 Å². The summed E-state index contributed by atoms with van der Waals surface area (Å²) in [5.41, 5.74) is 2.09. The first-order chi connectivity index (χ1) is 6.25. The van der Waals surface area contributed by atoms with Gasteiger partial charge in [0, 0.05) is 7.05 Å². The number of rotatable bonds is 1. The second-order valence-corrected chi connectivity index (χ2v) is 2.54. The molecule has 0 fully saturated rings. The largest absolute Gasteiger partial charge is 0.476 e. The second kappa shape index (κ2) is 2.89. The zero-order valence-electron chi connectivity index (χ0n) is 6.96. The number of alkyl halides is 3. The average molecular weight is 209 g/mol. The number of nitrogens with zero attached hydrogens (tertiary/aromatic N) is 2. The van der Waals surface area contributed by atoms with E-state index in [1.165, 1.54) is 0 Å². The van der Waals surface area contributed by atoms with E-state index in [9.17, 15) is 18.0 Å². The summed E-state index contributed by atoms with van der Waals surface area (Å²) in [6.07, 6.45) is -4.74. The highest BCUT2D eigenvalue weighted by Crippen LogP contribution is 2.33. The van der Waals surface area contributed by atoms with E-state index in [4.69, 9.17) is 10.8 Å². The quantitative estimate of drug-likeness (QED) is 0.713. The molecule has 0 aliphatic carbocycles. The van der Waals surface area contributed by atoms with Crippen molar-refractivity contribution in [3.63, 3.8) is 0 Å². The van der Waals surface area contributed by atoms with E-state index in [2.05, 4.69) is 5.10 Å². The van der Waals surface area contributed by atoms with Crippen LogP contribution in [-0.4, -0.2) is 20.9 Å². The van der Waals surface area contributed by atoms with Gasteiger partial charge in [0.25, 0.3) is 0 Å². The molecule has 1 heterocycles. The van der Waals surface area contributed by atoms with Crippen LogP contribution in [-0.2, 0) is 13.2 Å². The smallest absolute Gasteiger partial charge is 0.437 e. The molecule has 0 aliphatic rings. The van der Waals surface area contributed by atoms with Gasteiger partial charge in [-0.2, -0.15) is 18.3 Å². The molecule has 0 atom stereocenters. The first-order valence-corrected chi connectivity index (χ1v) is 3.38. The molecule has 0 saturated carbocycles. The number of carboxylic acids is 1. The monoisotopic (exact) mass is 209 g/mol. The Kier molecular flexibility index (Phi) is 2.14. The molecule has 8 heteroatoms. The number of hydrogen-bond donors (Lipinski definition) is 2. The summed E-state index contributed by atoms with van der Waals surface area (Å²) in [5, 5.41) is 11.5. The Morgan fingerprint density at radius 3 is 2.29 bits per heavy atom. The lowest BCUT2D eigenvalue weighted by atomic mass is 10.3. The molecule has 5 nitrogen and oxygen atoms in total. The van der Waals surface area contributed by atoms with E-state index in [0.717, 1.165) is 7.05 Å². The third kappa shape index (κ3) is 1.50. The van der Waals surface area contributed by atoms with Gasteiger partial charge >= 0.3 is 12.1 Å². The summed E-state index contributed by atoms with van der Waals surface area (Å²) >= 11 is 0. The van der Waals surface area contributed by atoms with Crippen molar-refractivity contribution in [2.75, 3.05) is 5.73 Å². The maximum atomic E-state index is 12.2. The molecule has 3 N–H and O–H groups in total. The lowest BCUT2D eigenvalue weighted by molar-refractivity contribution is -0.140. The predicted octanol–water partition coefficient (Wildman–Crippen LogP) is 0.719. The second-order valence-electron chi connectivity index (χ2n) is 2.54. The van der Waals surface area contributed by atoms with Crippen LogP contribution in [0.5, 0.6) is 0 Å². The van der Waals surface area contributed by atoms with Gasteiger partial charge in [0.15, 0.2) is 11.4 Å². The van der Waals surface area contributed by atoms with Crippen molar-refractivity contribution in [1.29, 1.82) is 0 Å². The van der Waals surface area contributed by atoms with Gasteiger partial charge in [0.2, 0.25) is 0 Å². The van der Waals surface area contributed by atoms with E-state index < -0.39 is 29.2 Å². The van der Waals surface area contributed by atoms with E-state index >= 15 is 0 Å². The first-order valence-electron chi connectivity index (χ1n) is 3.38. The fraction of sp³-hybridized carbons (Fsp3) is 0.333. The number of carbonyl (C=O) groups is 1. The zero-order chi connectivity index (χ0) is 11.1. The van der Waals surface area contributed by atoms with Crippen molar-refractivity contribution in [3.05, 3.63) is 11.4 Å². The van der Waals surface area contributed by atoms with Crippen LogP contribution >= 0.6 is 0 Å². The molecule has 1 aromatic heterocycles. The van der Waals surface area contributed by atoms with Gasteiger partial charge in [0.05, 0.1) is 5.69 Å². The van der Waals surface area contributed by atoms with Crippen LogP contribution in [0.2, 0.25) is 0 Å². The van der Waals surface area contributed by atoms with Crippen LogP contribution in [0.3, 0.4) is 0 Å². The Morgan fingerprint density at radius 1 is 1.57 bits per heavy atom. The SMILES string of the molecule is Cn1nc(C(F)(F)F)c(N)c1C(=O)O. The molecule has 14 heavy (non-hydrogen) atoms. The van der Waals surface area contributed by atoms with Crippen molar-refractivity contribution >= 4 is 11.7 Å². The number of aromatic nitrogens is 2. The minimum Gasteiger partial charge on any atom is -0.476 e. The number of carboxylic acid groups (broad SMARTS) is 1. The number of nitrogen functional groups attached to an aromatic ring is 1. The number of aryl methyl sites for hydroxylation is 1. The van der Waals surface area contributed by atoms with Gasteiger partial charge in [-0.25, -0.2) is 4.79 Å². The van der Waals surface area contributed by atoms with Crippen molar-refractivity contribution in [2.24, 2.45) is 7.05 Å². The Balaban J connectivity index is 3.39. The Morgan fingerprint density at radius 2 is 2.07 bits per heavy atom. The maximum Gasteiger partial charge on any atom is 0.437 e. The molecule has 0 aliphatic heterocycles. The number of hydrogen-bond acceptors (Lipinski definition) is 3. The minimum absolute atomic E-state index is 0.584. The van der Waals surface area contributed by atoms with Crippen molar-refractivity contribution in [1.82, 2.24) is 9.78 Å². The summed E-state index contributed by atoms with van der Waals surface area (Å²) in [4.78, 5) is 10.5. The van der Waals surface area contributed by atoms with Crippen LogP contribution < -0.4 is 5.73 Å². The zero-order valence-corrected chi connectivity index (χ0v) is 6.96. The van der Waals surface area contributed by atoms with Gasteiger partial charge in [-0.15, -0.1) is 0 Å². The van der Waals surface area contributed by atoms with Crippen molar-refractivity contribution < 1.29 is 23.1 Å². The van der Waals surface area contributed by atoms with Crippen LogP contribution in [0, 0.1) is 0 Å². The molecule has 0 radical (unpaired) electrons. The number of halogens is 3. The summed E-state index contributed by atoms with van der Waals surface area (Å²) in [5.74, 6) is -1.55. The molecule has 1 aromatic rings. The van der Waals surface area contributed by atoms with Gasteiger partial charge in [0.1, 0.15) is 0 Å². The Bertz CT molecular complexity index is 382. The highest BCUT2D eigenvalue weighted by Gasteiger charge is 2.39. The molecule has 0 amide bonds.